The van der Waals surface area contributed by atoms with Crippen LogP contribution in [0.25, 0.3) is 0 Å². The van der Waals surface area contributed by atoms with Crippen LogP contribution in [0.15, 0.2) is 53.4 Å². The van der Waals surface area contributed by atoms with Crippen molar-refractivity contribution in [2.24, 2.45) is 0 Å². The summed E-state index contributed by atoms with van der Waals surface area (Å²) in [6.45, 7) is 0.900. The first-order valence-corrected chi connectivity index (χ1v) is 13.1. The van der Waals surface area contributed by atoms with E-state index in [4.69, 9.17) is 9.47 Å². The Labute approximate surface area is 200 Å². The van der Waals surface area contributed by atoms with Crippen molar-refractivity contribution in [3.05, 3.63) is 59.7 Å². The molecule has 0 radical (unpaired) electrons. The molecule has 0 bridgehead atoms. The van der Waals surface area contributed by atoms with Gasteiger partial charge in [0.2, 0.25) is 16.1 Å². The maximum Gasteiger partial charge on any atom is 0.343 e. The van der Waals surface area contributed by atoms with Gasteiger partial charge in [-0.05, 0) is 43.9 Å². The molecule has 9 heteroatoms. The summed E-state index contributed by atoms with van der Waals surface area (Å²) in [5.74, 6) is -1.06. The molecule has 2 aromatic rings. The van der Waals surface area contributed by atoms with Crippen LogP contribution in [0.4, 0.5) is 0 Å². The van der Waals surface area contributed by atoms with E-state index >= 15 is 0 Å². The first kappa shape index (κ1) is 24.2. The summed E-state index contributed by atoms with van der Waals surface area (Å²) < 4.78 is 39.0. The number of rotatable bonds is 8. The predicted molar refractivity (Wildman–Crippen MR) is 126 cm³/mol. The van der Waals surface area contributed by atoms with Crippen LogP contribution in [0.2, 0.25) is 0 Å². The lowest BCUT2D eigenvalue weighted by Gasteiger charge is -2.21. The third-order valence-corrected chi connectivity index (χ3v) is 7.98. The van der Waals surface area contributed by atoms with Crippen molar-refractivity contribution in [2.45, 2.75) is 55.6 Å². The minimum atomic E-state index is -3.78. The van der Waals surface area contributed by atoms with Gasteiger partial charge in [-0.1, -0.05) is 43.2 Å². The molecule has 4 rings (SSSR count). The fourth-order valence-electron chi connectivity index (χ4n) is 4.01. The van der Waals surface area contributed by atoms with Crippen molar-refractivity contribution in [2.75, 3.05) is 20.2 Å². The molecule has 1 N–H and O–H groups in total. The van der Waals surface area contributed by atoms with E-state index in [-0.39, 0.29) is 22.3 Å². The highest BCUT2D eigenvalue weighted by atomic mass is 32.2. The first-order valence-electron chi connectivity index (χ1n) is 11.6. The third kappa shape index (κ3) is 5.59. The van der Waals surface area contributed by atoms with Crippen LogP contribution in [-0.2, 0) is 19.6 Å². The number of methoxy groups -OCH3 is 1. The van der Waals surface area contributed by atoms with Gasteiger partial charge in [0.25, 0.3) is 5.91 Å². The lowest BCUT2D eigenvalue weighted by molar-refractivity contribution is -0.130. The molecule has 182 valence electrons. The molecule has 1 saturated carbocycles. The van der Waals surface area contributed by atoms with Crippen LogP contribution in [0.1, 0.15) is 60.6 Å². The fraction of sp³-hybridized carbons (Fsp3) is 0.440. The second-order valence-electron chi connectivity index (χ2n) is 8.66. The average Bonchev–Trinajstić information content (AvgIpc) is 3.69. The molecule has 8 nitrogen and oxygen atoms in total. The molecule has 1 aliphatic heterocycles. The standard InChI is InChI=1S/C25H30N2O6S/c1-32-22-14-13-20(34(30,31)27-15-7-2-3-8-16-27)17-21(22)25(29)33-23(18-9-5-4-6-10-18)24(28)26-19-11-12-19/h4-6,9-10,13-14,17,19,23H,2-3,7-8,11-12,15-16H2,1H3,(H,26,28)/t23-/m1/s1. The number of nitrogens with one attached hydrogen (secondary N) is 1. The van der Waals surface area contributed by atoms with E-state index in [2.05, 4.69) is 5.32 Å². The summed E-state index contributed by atoms with van der Waals surface area (Å²) in [5, 5.41) is 2.87. The second-order valence-corrected chi connectivity index (χ2v) is 10.6. The number of ether oxygens (including phenoxy) is 2. The second kappa shape index (κ2) is 10.6. The molecule has 2 fully saturated rings. The number of benzene rings is 2. The number of amides is 1. The lowest BCUT2D eigenvalue weighted by atomic mass is 10.1. The van der Waals surface area contributed by atoms with Gasteiger partial charge in [0.1, 0.15) is 11.3 Å². The third-order valence-electron chi connectivity index (χ3n) is 6.08. The van der Waals surface area contributed by atoms with Gasteiger partial charge < -0.3 is 14.8 Å². The highest BCUT2D eigenvalue weighted by Gasteiger charge is 2.33. The lowest BCUT2D eigenvalue weighted by Crippen LogP contribution is -2.34. The molecule has 1 amide bonds. The van der Waals surface area contributed by atoms with Gasteiger partial charge in [-0.2, -0.15) is 4.31 Å². The van der Waals surface area contributed by atoms with Crippen LogP contribution in [0.3, 0.4) is 0 Å². The van der Waals surface area contributed by atoms with E-state index in [0.29, 0.717) is 18.7 Å². The molecule has 0 unspecified atom stereocenters. The molecule has 1 aliphatic carbocycles. The normalized spacial score (nSPS) is 17.9. The highest BCUT2D eigenvalue weighted by Crippen LogP contribution is 2.29. The van der Waals surface area contributed by atoms with E-state index in [1.807, 2.05) is 0 Å². The maximum atomic E-state index is 13.3. The van der Waals surface area contributed by atoms with Crippen molar-refractivity contribution >= 4 is 21.9 Å². The summed E-state index contributed by atoms with van der Waals surface area (Å²) >= 11 is 0. The van der Waals surface area contributed by atoms with Gasteiger partial charge in [0, 0.05) is 24.7 Å². The van der Waals surface area contributed by atoms with Gasteiger partial charge in [-0.15, -0.1) is 0 Å². The van der Waals surface area contributed by atoms with Gasteiger partial charge >= 0.3 is 5.97 Å². The zero-order valence-corrected chi connectivity index (χ0v) is 20.1. The minimum absolute atomic E-state index is 0.000781. The number of esters is 1. The average molecular weight is 487 g/mol. The van der Waals surface area contributed by atoms with Crippen molar-refractivity contribution < 1.29 is 27.5 Å². The largest absolute Gasteiger partial charge is 0.496 e. The van der Waals surface area contributed by atoms with Gasteiger partial charge in [-0.3, -0.25) is 4.79 Å². The Bertz CT molecular complexity index is 1120. The molecule has 0 spiro atoms. The Morgan fingerprint density at radius 3 is 2.29 bits per heavy atom. The Morgan fingerprint density at radius 2 is 1.68 bits per heavy atom. The molecular weight excluding hydrogens is 456 g/mol. The smallest absolute Gasteiger partial charge is 0.343 e. The fourth-order valence-corrected chi connectivity index (χ4v) is 5.56. The van der Waals surface area contributed by atoms with E-state index in [0.717, 1.165) is 38.5 Å². The van der Waals surface area contributed by atoms with Crippen molar-refractivity contribution in [3.8, 4) is 5.75 Å². The van der Waals surface area contributed by atoms with E-state index in [9.17, 15) is 18.0 Å². The van der Waals surface area contributed by atoms with Crippen LogP contribution in [-0.4, -0.2) is 50.8 Å². The zero-order chi connectivity index (χ0) is 24.1. The highest BCUT2D eigenvalue weighted by molar-refractivity contribution is 7.89. The Kier molecular flexibility index (Phi) is 7.53. The number of carbonyl (C=O) groups is 2. The Balaban J connectivity index is 1.62. The van der Waals surface area contributed by atoms with Crippen molar-refractivity contribution in [1.29, 1.82) is 0 Å². The Morgan fingerprint density at radius 1 is 1.00 bits per heavy atom. The van der Waals surface area contributed by atoms with E-state index < -0.39 is 28.0 Å². The molecule has 34 heavy (non-hydrogen) atoms. The maximum absolute atomic E-state index is 13.3. The Hall–Kier alpha value is -2.91. The number of hydrogen-bond donors (Lipinski definition) is 1. The van der Waals surface area contributed by atoms with Gasteiger partial charge in [0.05, 0.1) is 12.0 Å². The molecule has 1 heterocycles. The van der Waals surface area contributed by atoms with Gasteiger partial charge in [0.15, 0.2) is 0 Å². The minimum Gasteiger partial charge on any atom is -0.496 e. The van der Waals surface area contributed by atoms with E-state index in [1.165, 1.54) is 29.6 Å². The molecule has 2 aromatic carbocycles. The number of carbonyl (C=O) groups excluding carboxylic acids is 2. The number of hydrogen-bond acceptors (Lipinski definition) is 6. The van der Waals surface area contributed by atoms with Crippen LogP contribution >= 0.6 is 0 Å². The van der Waals surface area contributed by atoms with Gasteiger partial charge in [-0.25, -0.2) is 13.2 Å². The topological polar surface area (TPSA) is 102 Å². The van der Waals surface area contributed by atoms with Crippen LogP contribution < -0.4 is 10.1 Å². The molecule has 2 aliphatic rings. The summed E-state index contributed by atoms with van der Waals surface area (Å²) in [6.07, 6.45) is 4.23. The monoisotopic (exact) mass is 486 g/mol. The summed E-state index contributed by atoms with van der Waals surface area (Å²) in [7, 11) is -2.39. The van der Waals surface area contributed by atoms with Crippen molar-refractivity contribution in [3.63, 3.8) is 0 Å². The molecule has 0 aromatic heterocycles. The van der Waals surface area contributed by atoms with Crippen molar-refractivity contribution in [1.82, 2.24) is 9.62 Å². The number of nitrogens with zero attached hydrogens (tertiary/aromatic N) is 1. The van der Waals surface area contributed by atoms with Crippen LogP contribution in [0.5, 0.6) is 5.75 Å². The summed E-state index contributed by atoms with van der Waals surface area (Å²) in [6, 6.07) is 13.0. The SMILES string of the molecule is COc1ccc(S(=O)(=O)N2CCCCCC2)cc1C(=O)O[C@@H](C(=O)NC1CC1)c1ccccc1. The molecule has 1 saturated heterocycles. The number of sulfonamides is 1. The molecular formula is C25H30N2O6S. The predicted octanol–water partition coefficient (Wildman–Crippen LogP) is 3.44. The van der Waals surface area contributed by atoms with Crippen LogP contribution in [0, 0.1) is 0 Å². The zero-order valence-electron chi connectivity index (χ0n) is 19.2. The van der Waals surface area contributed by atoms with E-state index in [1.54, 1.807) is 30.3 Å². The first-order chi connectivity index (χ1) is 16.4. The molecule has 1 atom stereocenters. The quantitative estimate of drug-likeness (QED) is 0.574. The summed E-state index contributed by atoms with van der Waals surface area (Å²) in [4.78, 5) is 26.1. The summed E-state index contributed by atoms with van der Waals surface area (Å²) in [5.41, 5.74) is 0.486.